The predicted molar refractivity (Wildman–Crippen MR) is 196 cm³/mol. The van der Waals surface area contributed by atoms with Crippen LogP contribution in [0.2, 0.25) is 0 Å². The van der Waals surface area contributed by atoms with Crippen molar-refractivity contribution in [1.29, 1.82) is 0 Å². The van der Waals surface area contributed by atoms with Gasteiger partial charge in [-0.15, -0.1) is 0 Å². The minimum atomic E-state index is -0.555. The zero-order chi connectivity index (χ0) is 33.9. The lowest BCUT2D eigenvalue weighted by atomic mass is 9.74. The third-order valence-corrected chi connectivity index (χ3v) is 9.99. The highest BCUT2D eigenvalue weighted by Gasteiger charge is 2.36. The Morgan fingerprint density at radius 1 is 0.511 bits per heavy atom. The third-order valence-electron chi connectivity index (χ3n) is 9.99. The molecule has 2 aromatic carbocycles. The number of methoxy groups -OCH3 is 2. The molecule has 47 heavy (non-hydrogen) atoms. The van der Waals surface area contributed by atoms with Gasteiger partial charge < -0.3 is 9.47 Å². The topological polar surface area (TPSA) is 31.4 Å². The highest BCUT2D eigenvalue weighted by Crippen LogP contribution is 2.40. The largest absolute Gasteiger partial charge is 0.365 e. The summed E-state index contributed by atoms with van der Waals surface area (Å²) in [5, 5.41) is 0. The summed E-state index contributed by atoms with van der Waals surface area (Å²) in [7, 11) is 3.47. The molecule has 0 fully saturated rings. The van der Waals surface area contributed by atoms with Crippen molar-refractivity contribution in [3.63, 3.8) is 0 Å². The van der Waals surface area contributed by atoms with Crippen molar-refractivity contribution in [3.05, 3.63) is 173 Å². The average molecular weight is 626 g/mol. The first-order valence-electron chi connectivity index (χ1n) is 16.7. The van der Waals surface area contributed by atoms with E-state index >= 15 is 0 Å². The van der Waals surface area contributed by atoms with Gasteiger partial charge >= 0.3 is 0 Å². The molecule has 0 atom stereocenters. The Hall–Kier alpha value is -4.05. The number of allylic oxidation sites excluding steroid dienone is 8. The Kier molecular flexibility index (Phi) is 9.64. The first kappa shape index (κ1) is 34.3. The molecule has 0 saturated heterocycles. The molecule has 0 amide bonds. The standard InChI is InChI=1S/C22H27N.C22H24O2/c1-17-8-10-22(5,11-9-17)19-7-6-18(16-23-19)21(4)14-12-20(2,3)13-15-21;1-17-5-9-19(10-6-17)21(23-3)13-15-22(24-4,16-14-21)20-11-7-18(2)8-12-20/h6-17H,1-5H3;5-16H,1-4H3. The van der Waals surface area contributed by atoms with Gasteiger partial charge in [0.15, 0.2) is 0 Å². The second-order valence-electron chi connectivity index (χ2n) is 14.5. The van der Waals surface area contributed by atoms with Crippen molar-refractivity contribution < 1.29 is 9.47 Å². The van der Waals surface area contributed by atoms with Crippen LogP contribution in [0.25, 0.3) is 0 Å². The molecule has 0 bridgehead atoms. The summed E-state index contributed by atoms with van der Waals surface area (Å²) in [6, 6.07) is 21.3. The molecule has 3 aromatic rings. The van der Waals surface area contributed by atoms with Gasteiger partial charge in [0.05, 0.1) is 5.69 Å². The lowest BCUT2D eigenvalue weighted by Gasteiger charge is -2.36. The Bertz CT molecular complexity index is 1600. The van der Waals surface area contributed by atoms with E-state index in [1.54, 1.807) is 14.2 Å². The van der Waals surface area contributed by atoms with E-state index in [9.17, 15) is 0 Å². The normalized spacial score (nSPS) is 28.1. The summed E-state index contributed by atoms with van der Waals surface area (Å²) in [6.07, 6.45) is 28.6. The van der Waals surface area contributed by atoms with E-state index in [4.69, 9.17) is 14.5 Å². The first-order chi connectivity index (χ1) is 22.3. The van der Waals surface area contributed by atoms with E-state index in [0.29, 0.717) is 5.92 Å². The van der Waals surface area contributed by atoms with Crippen LogP contribution >= 0.6 is 0 Å². The number of hydrogen-bond acceptors (Lipinski definition) is 3. The summed E-state index contributed by atoms with van der Waals surface area (Å²) in [6.45, 7) is 15.3. The van der Waals surface area contributed by atoms with E-state index in [2.05, 4.69) is 182 Å². The van der Waals surface area contributed by atoms with Crippen molar-refractivity contribution in [2.45, 2.75) is 70.5 Å². The zero-order valence-corrected chi connectivity index (χ0v) is 29.6. The van der Waals surface area contributed by atoms with Gasteiger partial charge in [0.1, 0.15) is 11.2 Å². The van der Waals surface area contributed by atoms with Crippen LogP contribution in [0, 0.1) is 25.2 Å². The maximum atomic E-state index is 5.87. The highest BCUT2D eigenvalue weighted by molar-refractivity contribution is 5.45. The van der Waals surface area contributed by atoms with Crippen LogP contribution in [-0.4, -0.2) is 19.2 Å². The van der Waals surface area contributed by atoms with E-state index < -0.39 is 11.2 Å². The van der Waals surface area contributed by atoms with Crippen LogP contribution in [-0.2, 0) is 31.5 Å². The third kappa shape index (κ3) is 7.27. The minimum absolute atomic E-state index is 0.0608. The number of nitrogens with zero attached hydrogens (tertiary/aromatic N) is 1. The van der Waals surface area contributed by atoms with Crippen molar-refractivity contribution in [1.82, 2.24) is 4.98 Å². The van der Waals surface area contributed by atoms with Crippen molar-refractivity contribution in [3.8, 4) is 0 Å². The average Bonchev–Trinajstić information content (AvgIpc) is 3.09. The number of hydrogen-bond donors (Lipinski definition) is 0. The SMILES string of the molecule is CC1C=CC(C)(c2ccc(C3(C)C=CC(C)(C)C=C3)cn2)C=C1.COC1(c2ccc(C)cc2)C=CC(OC)(c2ccc(C)cc2)C=C1. The molecule has 1 heterocycles. The first-order valence-corrected chi connectivity index (χ1v) is 16.7. The molecular formula is C44H51NO2. The number of ether oxygens (including phenoxy) is 2. The highest BCUT2D eigenvalue weighted by atomic mass is 16.5. The fourth-order valence-electron chi connectivity index (χ4n) is 6.23. The minimum Gasteiger partial charge on any atom is -0.365 e. The summed E-state index contributed by atoms with van der Waals surface area (Å²) in [5.41, 5.74) is 5.92. The second kappa shape index (κ2) is 13.2. The lowest BCUT2D eigenvalue weighted by molar-refractivity contribution is 0.0421. The van der Waals surface area contributed by atoms with Crippen molar-refractivity contribution >= 4 is 0 Å². The van der Waals surface area contributed by atoms with Gasteiger partial charge in [-0.1, -0.05) is 135 Å². The van der Waals surface area contributed by atoms with Gasteiger partial charge in [-0.25, -0.2) is 0 Å². The van der Waals surface area contributed by atoms with Gasteiger partial charge in [-0.3, -0.25) is 4.98 Å². The molecule has 1 aromatic heterocycles. The Morgan fingerprint density at radius 2 is 0.936 bits per heavy atom. The zero-order valence-electron chi connectivity index (χ0n) is 29.6. The lowest BCUT2D eigenvalue weighted by Crippen LogP contribution is -2.33. The van der Waals surface area contributed by atoms with Gasteiger partial charge in [-0.2, -0.15) is 0 Å². The molecule has 244 valence electrons. The molecule has 0 radical (unpaired) electrons. The summed E-state index contributed by atoms with van der Waals surface area (Å²) < 4.78 is 11.7. The molecule has 3 heteroatoms. The fraction of sp³-hybridized carbons (Fsp3) is 0.341. The van der Waals surface area contributed by atoms with Crippen molar-refractivity contribution in [2.24, 2.45) is 11.3 Å². The molecule has 0 aliphatic heterocycles. The maximum absolute atomic E-state index is 5.87. The molecule has 0 N–H and O–H groups in total. The van der Waals surface area contributed by atoms with E-state index in [1.165, 1.54) is 16.7 Å². The summed E-state index contributed by atoms with van der Waals surface area (Å²) in [4.78, 5) is 4.79. The second-order valence-corrected chi connectivity index (χ2v) is 14.5. The van der Waals surface area contributed by atoms with Crippen LogP contribution in [0.4, 0.5) is 0 Å². The fourth-order valence-corrected chi connectivity index (χ4v) is 6.23. The molecule has 6 rings (SSSR count). The smallest absolute Gasteiger partial charge is 0.129 e. The van der Waals surface area contributed by atoms with Crippen LogP contribution in [0.15, 0.2) is 140 Å². The number of rotatable bonds is 6. The van der Waals surface area contributed by atoms with E-state index in [0.717, 1.165) is 16.8 Å². The molecular weight excluding hydrogens is 574 g/mol. The predicted octanol–water partition coefficient (Wildman–Crippen LogP) is 10.3. The number of benzene rings is 2. The molecule has 3 nitrogen and oxygen atoms in total. The molecule has 3 aliphatic rings. The Labute approximate surface area is 283 Å². The van der Waals surface area contributed by atoms with Crippen LogP contribution in [0.1, 0.15) is 68.1 Å². The van der Waals surface area contributed by atoms with E-state index in [-0.39, 0.29) is 16.2 Å². The maximum Gasteiger partial charge on any atom is 0.129 e. The van der Waals surface area contributed by atoms with Gasteiger partial charge in [-0.05, 0) is 80.7 Å². The van der Waals surface area contributed by atoms with Gasteiger partial charge in [0.25, 0.3) is 0 Å². The summed E-state index contributed by atoms with van der Waals surface area (Å²) in [5.74, 6) is 0.516. The van der Waals surface area contributed by atoms with E-state index in [1.807, 2.05) is 6.20 Å². The number of pyridine rings is 1. The number of aryl methyl sites for hydroxylation is 2. The van der Waals surface area contributed by atoms with Crippen LogP contribution in [0.3, 0.4) is 0 Å². The van der Waals surface area contributed by atoms with Crippen LogP contribution < -0.4 is 0 Å². The Morgan fingerprint density at radius 3 is 1.32 bits per heavy atom. The molecule has 3 aliphatic carbocycles. The van der Waals surface area contributed by atoms with Crippen LogP contribution in [0.5, 0.6) is 0 Å². The molecule has 0 unspecified atom stereocenters. The number of aromatic nitrogens is 1. The van der Waals surface area contributed by atoms with Crippen molar-refractivity contribution in [2.75, 3.05) is 14.2 Å². The monoisotopic (exact) mass is 625 g/mol. The molecule has 0 spiro atoms. The quantitative estimate of drug-likeness (QED) is 0.256. The van der Waals surface area contributed by atoms with Gasteiger partial charge in [0, 0.05) is 36.7 Å². The Balaban J connectivity index is 0.000000185. The molecule has 0 saturated carbocycles. The van der Waals surface area contributed by atoms with Gasteiger partial charge in [0.2, 0.25) is 0 Å². The summed E-state index contributed by atoms with van der Waals surface area (Å²) >= 11 is 0.